The molecule has 1 aliphatic carbocycles. The molecular formula is C30H37NO3. The highest BCUT2D eigenvalue weighted by Gasteiger charge is 2.40. The van der Waals surface area contributed by atoms with Gasteiger partial charge in [-0.05, 0) is 82.3 Å². The number of methoxy groups -OCH3 is 1. The van der Waals surface area contributed by atoms with E-state index < -0.39 is 0 Å². The first-order valence-corrected chi connectivity index (χ1v) is 12.3. The van der Waals surface area contributed by atoms with Crippen molar-refractivity contribution < 1.29 is 14.3 Å². The fourth-order valence-electron chi connectivity index (χ4n) is 5.20. The molecule has 0 amide bonds. The Labute approximate surface area is 204 Å². The molecule has 4 nitrogen and oxygen atoms in total. The molecule has 0 aromatic heterocycles. The number of rotatable bonds is 5. The van der Waals surface area contributed by atoms with Crippen molar-refractivity contribution in [3.8, 4) is 17.6 Å². The van der Waals surface area contributed by atoms with E-state index in [0.29, 0.717) is 6.04 Å². The maximum absolute atomic E-state index is 11.8. The van der Waals surface area contributed by atoms with Crippen molar-refractivity contribution in [2.24, 2.45) is 0 Å². The Morgan fingerprint density at radius 1 is 1.12 bits per heavy atom. The van der Waals surface area contributed by atoms with Crippen LogP contribution in [0.15, 0.2) is 36.4 Å². The van der Waals surface area contributed by atoms with Crippen LogP contribution in [0.4, 0.5) is 0 Å². The third-order valence-corrected chi connectivity index (χ3v) is 7.05. The van der Waals surface area contributed by atoms with Gasteiger partial charge in [-0.25, -0.2) is 0 Å². The quantitative estimate of drug-likeness (QED) is 0.419. The predicted molar refractivity (Wildman–Crippen MR) is 136 cm³/mol. The minimum atomic E-state index is -0.287. The van der Waals surface area contributed by atoms with Crippen LogP contribution in [0.1, 0.15) is 87.6 Å². The molecule has 1 fully saturated rings. The van der Waals surface area contributed by atoms with E-state index in [1.54, 1.807) is 0 Å². The Hall–Kier alpha value is -2.77. The fourth-order valence-corrected chi connectivity index (χ4v) is 5.20. The number of nitrogens with zero attached hydrogens (tertiary/aromatic N) is 1. The number of ether oxygens (including phenoxy) is 2. The van der Waals surface area contributed by atoms with Crippen LogP contribution in [-0.4, -0.2) is 36.7 Å². The van der Waals surface area contributed by atoms with Gasteiger partial charge in [0.15, 0.2) is 0 Å². The standard InChI is InChI=1S/C30H37NO3/c1-20(28(32)33-7)23-12-10-21(11-13-23)8-9-22-16-24(18-31(6)25-14-15-25)27-26(17-22)29(2,3)19-30(4,5)34-27/h10-13,16-17,20,25H,14-15,18-19H2,1-7H3. The third-order valence-electron chi connectivity index (χ3n) is 7.05. The zero-order chi connectivity index (χ0) is 24.7. The average Bonchev–Trinajstić information content (AvgIpc) is 3.62. The number of hydrogen-bond donors (Lipinski definition) is 0. The van der Waals surface area contributed by atoms with E-state index in [9.17, 15) is 4.79 Å². The van der Waals surface area contributed by atoms with E-state index in [0.717, 1.165) is 35.4 Å². The minimum Gasteiger partial charge on any atom is -0.487 e. The summed E-state index contributed by atoms with van der Waals surface area (Å²) in [5.41, 5.74) is 5.15. The number of benzene rings is 2. The van der Waals surface area contributed by atoms with Gasteiger partial charge in [0.1, 0.15) is 11.4 Å². The van der Waals surface area contributed by atoms with Crippen LogP contribution in [0.25, 0.3) is 0 Å². The number of carbonyl (C=O) groups excluding carboxylic acids is 1. The van der Waals surface area contributed by atoms with E-state index in [4.69, 9.17) is 9.47 Å². The van der Waals surface area contributed by atoms with Crippen molar-refractivity contribution >= 4 is 5.97 Å². The molecule has 1 atom stereocenters. The molecular weight excluding hydrogens is 422 g/mol. The van der Waals surface area contributed by atoms with E-state index in [1.807, 2.05) is 31.2 Å². The van der Waals surface area contributed by atoms with E-state index in [1.165, 1.54) is 31.1 Å². The Morgan fingerprint density at radius 2 is 1.76 bits per heavy atom. The van der Waals surface area contributed by atoms with Gasteiger partial charge in [-0.15, -0.1) is 0 Å². The highest BCUT2D eigenvalue weighted by atomic mass is 16.5. The Bertz CT molecular complexity index is 1130. The second kappa shape index (κ2) is 9.12. The van der Waals surface area contributed by atoms with Crippen molar-refractivity contribution in [2.75, 3.05) is 14.2 Å². The lowest BCUT2D eigenvalue weighted by Gasteiger charge is -2.43. The molecule has 0 bridgehead atoms. The monoisotopic (exact) mass is 459 g/mol. The summed E-state index contributed by atoms with van der Waals surface area (Å²) in [6, 6.07) is 12.9. The van der Waals surface area contributed by atoms with Crippen molar-refractivity contribution in [3.05, 3.63) is 64.2 Å². The molecule has 2 aromatic rings. The lowest BCUT2D eigenvalue weighted by molar-refractivity contribution is -0.141. The highest BCUT2D eigenvalue weighted by Crippen LogP contribution is 2.47. The van der Waals surface area contributed by atoms with Crippen LogP contribution in [0.3, 0.4) is 0 Å². The second-order valence-corrected chi connectivity index (χ2v) is 11.2. The average molecular weight is 460 g/mol. The van der Waals surface area contributed by atoms with E-state index >= 15 is 0 Å². The van der Waals surface area contributed by atoms with Crippen LogP contribution in [0.5, 0.6) is 5.75 Å². The third kappa shape index (κ3) is 5.31. The fraction of sp³-hybridized carbons (Fsp3) is 0.500. The smallest absolute Gasteiger partial charge is 0.312 e. The van der Waals surface area contributed by atoms with Crippen LogP contribution >= 0.6 is 0 Å². The second-order valence-electron chi connectivity index (χ2n) is 11.2. The van der Waals surface area contributed by atoms with E-state index in [-0.39, 0.29) is 22.9 Å². The summed E-state index contributed by atoms with van der Waals surface area (Å²) in [7, 11) is 3.62. The van der Waals surface area contributed by atoms with Crippen molar-refractivity contribution in [1.29, 1.82) is 0 Å². The van der Waals surface area contributed by atoms with Gasteiger partial charge in [0.25, 0.3) is 0 Å². The lowest BCUT2D eigenvalue weighted by atomic mass is 9.72. The van der Waals surface area contributed by atoms with Gasteiger partial charge in [0.2, 0.25) is 0 Å². The molecule has 0 spiro atoms. The van der Waals surface area contributed by atoms with E-state index in [2.05, 4.69) is 63.6 Å². The zero-order valence-corrected chi connectivity index (χ0v) is 21.6. The van der Waals surface area contributed by atoms with Gasteiger partial charge in [-0.1, -0.05) is 37.8 Å². The molecule has 1 aliphatic heterocycles. The van der Waals surface area contributed by atoms with Gasteiger partial charge in [-0.3, -0.25) is 9.69 Å². The Morgan fingerprint density at radius 3 is 2.38 bits per heavy atom. The van der Waals surface area contributed by atoms with Crippen LogP contribution in [-0.2, 0) is 21.5 Å². The molecule has 4 heteroatoms. The molecule has 1 heterocycles. The minimum absolute atomic E-state index is 0.00729. The molecule has 180 valence electrons. The molecule has 4 rings (SSSR count). The first kappa shape index (κ1) is 24.4. The summed E-state index contributed by atoms with van der Waals surface area (Å²) in [6.45, 7) is 11.7. The number of hydrogen-bond acceptors (Lipinski definition) is 4. The maximum atomic E-state index is 11.8. The van der Waals surface area contributed by atoms with Crippen molar-refractivity contribution in [3.63, 3.8) is 0 Å². The van der Waals surface area contributed by atoms with Crippen LogP contribution in [0, 0.1) is 11.8 Å². The molecule has 0 radical (unpaired) electrons. The predicted octanol–water partition coefficient (Wildman–Crippen LogP) is 5.80. The Kier molecular flexibility index (Phi) is 6.53. The van der Waals surface area contributed by atoms with Gasteiger partial charge < -0.3 is 9.47 Å². The molecule has 1 unspecified atom stereocenters. The topological polar surface area (TPSA) is 38.8 Å². The Balaban J connectivity index is 1.67. The molecule has 0 N–H and O–H groups in total. The summed E-state index contributed by atoms with van der Waals surface area (Å²) in [6.07, 6.45) is 3.52. The van der Waals surface area contributed by atoms with Crippen LogP contribution < -0.4 is 4.74 Å². The molecule has 0 saturated heterocycles. The molecule has 1 saturated carbocycles. The van der Waals surface area contributed by atoms with Gasteiger partial charge in [-0.2, -0.15) is 0 Å². The highest BCUT2D eigenvalue weighted by molar-refractivity contribution is 5.77. The number of carbonyl (C=O) groups is 1. The summed E-state index contributed by atoms with van der Waals surface area (Å²) >= 11 is 0. The van der Waals surface area contributed by atoms with Crippen LogP contribution in [0.2, 0.25) is 0 Å². The lowest BCUT2D eigenvalue weighted by Crippen LogP contribution is -2.42. The summed E-state index contributed by atoms with van der Waals surface area (Å²) in [4.78, 5) is 14.2. The number of esters is 1. The SMILES string of the molecule is COC(=O)C(C)c1ccc(C#Cc2cc(CN(C)C3CC3)c3c(c2)C(C)(C)CC(C)(C)O3)cc1. The number of fused-ring (bicyclic) bond motifs is 1. The molecule has 2 aliphatic rings. The summed E-state index contributed by atoms with van der Waals surface area (Å²) in [5.74, 6) is 7.23. The van der Waals surface area contributed by atoms with Gasteiger partial charge in [0, 0.05) is 34.8 Å². The normalized spacial score (nSPS) is 18.8. The largest absolute Gasteiger partial charge is 0.487 e. The first-order valence-electron chi connectivity index (χ1n) is 12.3. The summed E-state index contributed by atoms with van der Waals surface area (Å²) in [5, 5.41) is 0. The zero-order valence-electron chi connectivity index (χ0n) is 21.6. The van der Waals surface area contributed by atoms with Gasteiger partial charge >= 0.3 is 5.97 Å². The molecule has 2 aromatic carbocycles. The van der Waals surface area contributed by atoms with Crippen molar-refractivity contribution in [1.82, 2.24) is 4.90 Å². The van der Waals surface area contributed by atoms with Gasteiger partial charge in [0.05, 0.1) is 13.0 Å². The summed E-state index contributed by atoms with van der Waals surface area (Å²) < 4.78 is 11.4. The van der Waals surface area contributed by atoms with Crippen molar-refractivity contribution in [2.45, 2.75) is 83.4 Å². The molecule has 34 heavy (non-hydrogen) atoms. The first-order chi connectivity index (χ1) is 16.0. The maximum Gasteiger partial charge on any atom is 0.312 e.